The molecule has 4 aromatic rings. The molecule has 8 nitrogen and oxygen atoms in total. The quantitative estimate of drug-likeness (QED) is 0.419. The highest BCUT2D eigenvalue weighted by Gasteiger charge is 2.15. The maximum Gasteiger partial charge on any atom is 0.257 e. The second-order valence-electron chi connectivity index (χ2n) is 6.71. The van der Waals surface area contributed by atoms with Crippen LogP contribution in [0.2, 0.25) is 0 Å². The van der Waals surface area contributed by atoms with Crippen molar-refractivity contribution in [1.82, 2.24) is 20.2 Å². The normalized spacial score (nSPS) is 10.6. The molecular formula is C22H16BrFN6O2. The predicted molar refractivity (Wildman–Crippen MR) is 120 cm³/mol. The van der Waals surface area contributed by atoms with E-state index in [0.29, 0.717) is 17.2 Å². The number of tetrazole rings is 1. The van der Waals surface area contributed by atoms with Crippen molar-refractivity contribution in [2.75, 3.05) is 10.6 Å². The van der Waals surface area contributed by atoms with E-state index in [2.05, 4.69) is 42.0 Å². The van der Waals surface area contributed by atoms with Crippen molar-refractivity contribution < 1.29 is 14.0 Å². The minimum atomic E-state index is -0.441. The number of benzene rings is 3. The van der Waals surface area contributed by atoms with Crippen molar-refractivity contribution in [3.8, 4) is 11.4 Å². The van der Waals surface area contributed by atoms with Gasteiger partial charge in [-0.2, -0.15) is 4.80 Å². The van der Waals surface area contributed by atoms with Crippen LogP contribution in [0.25, 0.3) is 11.4 Å². The Hall–Kier alpha value is -3.92. The Labute approximate surface area is 190 Å². The van der Waals surface area contributed by atoms with Crippen LogP contribution >= 0.6 is 15.9 Å². The molecule has 1 aromatic heterocycles. The molecule has 2 amide bonds. The van der Waals surface area contributed by atoms with Gasteiger partial charge in [-0.1, -0.05) is 28.1 Å². The first-order valence-corrected chi connectivity index (χ1v) is 10.3. The van der Waals surface area contributed by atoms with Crippen molar-refractivity contribution in [2.24, 2.45) is 0 Å². The molecule has 4 rings (SSSR count). The summed E-state index contributed by atoms with van der Waals surface area (Å²) >= 11 is 3.37. The fraction of sp³-hybridized carbons (Fsp3) is 0.0455. The lowest BCUT2D eigenvalue weighted by molar-refractivity contribution is -0.117. The first-order chi connectivity index (χ1) is 15.5. The molecule has 0 aliphatic rings. The molecule has 0 saturated heterocycles. The summed E-state index contributed by atoms with van der Waals surface area (Å²) in [7, 11) is 0. The summed E-state index contributed by atoms with van der Waals surface area (Å²) in [5.41, 5.74) is 1.78. The molecule has 160 valence electrons. The molecule has 0 saturated carbocycles. The van der Waals surface area contributed by atoms with Gasteiger partial charge in [0.05, 0.1) is 11.3 Å². The van der Waals surface area contributed by atoms with Crippen LogP contribution < -0.4 is 10.6 Å². The number of hydrogen-bond donors (Lipinski definition) is 2. The molecule has 0 radical (unpaired) electrons. The van der Waals surface area contributed by atoms with Gasteiger partial charge in [-0.15, -0.1) is 10.2 Å². The van der Waals surface area contributed by atoms with Gasteiger partial charge in [0, 0.05) is 15.7 Å². The summed E-state index contributed by atoms with van der Waals surface area (Å²) in [6.45, 7) is -0.183. The van der Waals surface area contributed by atoms with Crippen molar-refractivity contribution in [2.45, 2.75) is 6.54 Å². The van der Waals surface area contributed by atoms with E-state index in [1.807, 2.05) is 24.3 Å². The molecule has 0 aliphatic carbocycles. The fourth-order valence-corrected chi connectivity index (χ4v) is 3.13. The number of anilines is 2. The smallest absolute Gasteiger partial charge is 0.257 e. The first kappa shape index (κ1) is 21.3. The molecule has 0 unspecified atom stereocenters. The summed E-state index contributed by atoms with van der Waals surface area (Å²) in [6, 6.07) is 19.3. The molecule has 1 heterocycles. The topological polar surface area (TPSA) is 102 Å². The molecule has 0 atom stereocenters. The van der Waals surface area contributed by atoms with E-state index in [9.17, 15) is 14.0 Å². The van der Waals surface area contributed by atoms with E-state index >= 15 is 0 Å². The molecule has 3 aromatic carbocycles. The van der Waals surface area contributed by atoms with Crippen LogP contribution in [0.1, 0.15) is 10.4 Å². The first-order valence-electron chi connectivity index (χ1n) is 9.47. The number of amides is 2. The van der Waals surface area contributed by atoms with E-state index in [1.165, 1.54) is 29.1 Å². The average Bonchev–Trinajstić information content (AvgIpc) is 3.24. The Morgan fingerprint density at radius 1 is 0.938 bits per heavy atom. The van der Waals surface area contributed by atoms with Gasteiger partial charge >= 0.3 is 0 Å². The minimum Gasteiger partial charge on any atom is -0.324 e. The van der Waals surface area contributed by atoms with Crippen LogP contribution in [-0.4, -0.2) is 32.0 Å². The average molecular weight is 495 g/mol. The highest BCUT2D eigenvalue weighted by Crippen LogP contribution is 2.19. The minimum absolute atomic E-state index is 0.183. The Morgan fingerprint density at radius 2 is 1.66 bits per heavy atom. The Balaban J connectivity index is 1.43. The zero-order valence-electron chi connectivity index (χ0n) is 16.5. The lowest BCUT2D eigenvalue weighted by Gasteiger charge is -2.11. The second-order valence-corrected chi connectivity index (χ2v) is 7.62. The standard InChI is InChI=1S/C22H16BrFN6O2/c23-15-7-5-14(6-8-15)21-27-29-30(28-21)13-20(31)26-19-4-2-1-3-18(19)22(32)25-17-11-9-16(24)10-12-17/h1-12H,13H2,(H,25,32)(H,26,31). The number of carbonyl (C=O) groups excluding carboxylic acids is 2. The molecule has 0 aliphatic heterocycles. The van der Waals surface area contributed by atoms with Crippen molar-refractivity contribution in [3.05, 3.63) is 88.6 Å². The Bertz CT molecular complexity index is 1260. The molecular weight excluding hydrogens is 479 g/mol. The van der Waals surface area contributed by atoms with E-state index in [-0.39, 0.29) is 12.1 Å². The van der Waals surface area contributed by atoms with Crippen LogP contribution in [0.5, 0.6) is 0 Å². The maximum absolute atomic E-state index is 13.1. The number of aromatic nitrogens is 4. The number of carbonyl (C=O) groups is 2. The molecule has 2 N–H and O–H groups in total. The number of nitrogens with one attached hydrogen (secondary N) is 2. The zero-order valence-corrected chi connectivity index (χ0v) is 18.1. The predicted octanol–water partition coefficient (Wildman–Crippen LogP) is 4.13. The van der Waals surface area contributed by atoms with Crippen molar-refractivity contribution >= 4 is 39.1 Å². The Kier molecular flexibility index (Phi) is 6.31. The van der Waals surface area contributed by atoms with Gasteiger partial charge in [0.25, 0.3) is 5.91 Å². The van der Waals surface area contributed by atoms with Gasteiger partial charge in [0.1, 0.15) is 12.4 Å². The third kappa shape index (κ3) is 5.22. The second kappa shape index (κ2) is 9.48. The third-order valence-electron chi connectivity index (χ3n) is 4.39. The van der Waals surface area contributed by atoms with Crippen LogP contribution in [0.15, 0.2) is 77.3 Å². The van der Waals surface area contributed by atoms with Gasteiger partial charge in [-0.05, 0) is 65.9 Å². The highest BCUT2D eigenvalue weighted by atomic mass is 79.9. The van der Waals surface area contributed by atoms with Gasteiger partial charge < -0.3 is 10.6 Å². The highest BCUT2D eigenvalue weighted by molar-refractivity contribution is 9.10. The van der Waals surface area contributed by atoms with E-state index < -0.39 is 17.6 Å². The lowest BCUT2D eigenvalue weighted by Crippen LogP contribution is -2.22. The van der Waals surface area contributed by atoms with Gasteiger partial charge in [-0.3, -0.25) is 9.59 Å². The van der Waals surface area contributed by atoms with Crippen LogP contribution in [-0.2, 0) is 11.3 Å². The van der Waals surface area contributed by atoms with Crippen LogP contribution in [0.3, 0.4) is 0 Å². The third-order valence-corrected chi connectivity index (χ3v) is 4.92. The van der Waals surface area contributed by atoms with Crippen molar-refractivity contribution in [3.63, 3.8) is 0 Å². The molecule has 0 bridgehead atoms. The fourth-order valence-electron chi connectivity index (χ4n) is 2.86. The van der Waals surface area contributed by atoms with E-state index in [4.69, 9.17) is 0 Å². The molecule has 32 heavy (non-hydrogen) atoms. The number of nitrogens with zero attached hydrogens (tertiary/aromatic N) is 4. The molecule has 0 spiro atoms. The lowest BCUT2D eigenvalue weighted by atomic mass is 10.1. The number of halogens is 2. The van der Waals surface area contributed by atoms with Gasteiger partial charge in [-0.25, -0.2) is 4.39 Å². The zero-order chi connectivity index (χ0) is 22.5. The summed E-state index contributed by atoms with van der Waals surface area (Å²) < 4.78 is 14.0. The maximum atomic E-state index is 13.1. The number of rotatable bonds is 6. The van der Waals surface area contributed by atoms with Crippen LogP contribution in [0, 0.1) is 5.82 Å². The van der Waals surface area contributed by atoms with E-state index in [0.717, 1.165) is 10.0 Å². The summed E-state index contributed by atoms with van der Waals surface area (Å²) in [5, 5.41) is 17.5. The Morgan fingerprint density at radius 3 is 2.41 bits per heavy atom. The number of para-hydroxylation sites is 1. The SMILES string of the molecule is O=C(Cn1nnc(-c2ccc(Br)cc2)n1)Nc1ccccc1C(=O)Nc1ccc(F)cc1. The van der Waals surface area contributed by atoms with Gasteiger partial charge in [0.2, 0.25) is 11.7 Å². The summed E-state index contributed by atoms with van der Waals surface area (Å²) in [5.74, 6) is -0.874. The largest absolute Gasteiger partial charge is 0.324 e. The summed E-state index contributed by atoms with van der Waals surface area (Å²) in [4.78, 5) is 26.3. The van der Waals surface area contributed by atoms with E-state index in [1.54, 1.807) is 24.3 Å². The molecule has 0 fully saturated rings. The van der Waals surface area contributed by atoms with Crippen molar-refractivity contribution in [1.29, 1.82) is 0 Å². The van der Waals surface area contributed by atoms with Crippen LogP contribution in [0.4, 0.5) is 15.8 Å². The summed E-state index contributed by atoms with van der Waals surface area (Å²) in [6.07, 6.45) is 0. The monoisotopic (exact) mass is 494 g/mol. The van der Waals surface area contributed by atoms with Gasteiger partial charge in [0.15, 0.2) is 0 Å². The number of hydrogen-bond acceptors (Lipinski definition) is 5. The molecule has 10 heteroatoms.